The maximum Gasteiger partial charge on any atom is 0.251 e. The number of ether oxygens (including phenoxy) is 1. The van der Waals surface area contributed by atoms with Crippen LogP contribution in [0.5, 0.6) is 5.75 Å². The fourth-order valence-electron chi connectivity index (χ4n) is 5.00. The zero-order valence-corrected chi connectivity index (χ0v) is 26.5. The molecule has 0 bridgehead atoms. The standard InChI is InChI=1S/C31H35BrN4O5.ClH/c1-19(37)8-7-11-29(38)35-18-25(34-30(39)20(2)33-3)31(40)36(27-10-6-5-9-26(27)35)17-24-23-14-13-22(32)16-21(23)12-15-28(24)41-4;/h5-6,9-10,12-16,20,25,33H,7-8,11,17-18H2,1-4H3,(H,34,39);1H/t20-,25-;/m0./s1. The Bertz CT molecular complexity index is 1480. The van der Waals surface area contributed by atoms with Crippen molar-refractivity contribution in [2.24, 2.45) is 0 Å². The molecule has 224 valence electrons. The van der Waals surface area contributed by atoms with Crippen LogP contribution in [0.4, 0.5) is 11.4 Å². The predicted molar refractivity (Wildman–Crippen MR) is 170 cm³/mol. The van der Waals surface area contributed by atoms with Gasteiger partial charge in [0.25, 0.3) is 5.91 Å². The van der Waals surface area contributed by atoms with Crippen LogP contribution < -0.4 is 25.2 Å². The van der Waals surface area contributed by atoms with E-state index in [1.54, 1.807) is 43.0 Å². The third-order valence-corrected chi connectivity index (χ3v) is 7.84. The van der Waals surface area contributed by atoms with Crippen LogP contribution in [0.15, 0.2) is 59.1 Å². The Morgan fingerprint density at radius 1 is 1.07 bits per heavy atom. The summed E-state index contributed by atoms with van der Waals surface area (Å²) in [5.74, 6) is -0.284. The minimum absolute atomic E-state index is 0. The lowest BCUT2D eigenvalue weighted by Gasteiger charge is -2.27. The Kier molecular flexibility index (Phi) is 11.5. The number of halogens is 2. The molecule has 2 N–H and O–H groups in total. The van der Waals surface area contributed by atoms with Crippen LogP contribution in [-0.4, -0.2) is 56.3 Å². The van der Waals surface area contributed by atoms with Crippen molar-refractivity contribution in [2.75, 3.05) is 30.5 Å². The molecule has 4 rings (SSSR count). The van der Waals surface area contributed by atoms with Crippen molar-refractivity contribution < 1.29 is 23.9 Å². The molecule has 0 fully saturated rings. The first-order valence-electron chi connectivity index (χ1n) is 13.6. The SMILES string of the molecule is CN[C@@H](C)C(=O)N[C@H]1CN(C(=O)CCCC(C)=O)c2ccccc2N(Cc2c(OC)ccc3cc(Br)ccc23)C1=O.Cl. The maximum atomic E-state index is 14.3. The summed E-state index contributed by atoms with van der Waals surface area (Å²) in [6.07, 6.45) is 0.839. The first-order chi connectivity index (χ1) is 19.6. The normalized spacial score (nSPS) is 15.4. The number of para-hydroxylation sites is 2. The Balaban J connectivity index is 0.00000484. The van der Waals surface area contributed by atoms with Crippen molar-refractivity contribution in [1.29, 1.82) is 0 Å². The van der Waals surface area contributed by atoms with Crippen LogP contribution in [-0.2, 0) is 25.7 Å². The summed E-state index contributed by atoms with van der Waals surface area (Å²) in [5, 5.41) is 7.65. The second-order valence-electron chi connectivity index (χ2n) is 10.2. The van der Waals surface area contributed by atoms with Gasteiger partial charge in [-0.25, -0.2) is 0 Å². The third-order valence-electron chi connectivity index (χ3n) is 7.34. The van der Waals surface area contributed by atoms with Gasteiger partial charge in [0.1, 0.15) is 17.6 Å². The summed E-state index contributed by atoms with van der Waals surface area (Å²) < 4.78 is 6.65. The van der Waals surface area contributed by atoms with E-state index < -0.39 is 12.1 Å². The number of ketones is 1. The molecular formula is C31H36BrClN4O5. The molecule has 0 unspecified atom stereocenters. The van der Waals surface area contributed by atoms with Gasteiger partial charge in [0, 0.05) is 22.9 Å². The Labute approximate surface area is 260 Å². The van der Waals surface area contributed by atoms with E-state index >= 15 is 0 Å². The summed E-state index contributed by atoms with van der Waals surface area (Å²) in [4.78, 5) is 55.4. The average molecular weight is 660 g/mol. The first kappa shape index (κ1) is 33.0. The quantitative estimate of drug-likeness (QED) is 0.325. The smallest absolute Gasteiger partial charge is 0.251 e. The second kappa shape index (κ2) is 14.6. The highest BCUT2D eigenvalue weighted by Crippen LogP contribution is 2.37. The Morgan fingerprint density at radius 2 is 1.79 bits per heavy atom. The topological polar surface area (TPSA) is 108 Å². The van der Waals surface area contributed by atoms with Gasteiger partial charge in [-0.2, -0.15) is 0 Å². The Hall–Kier alpha value is -3.47. The number of fused-ring (bicyclic) bond motifs is 2. The number of amides is 3. The molecule has 0 saturated carbocycles. The number of likely N-dealkylation sites (N-methyl/N-ethyl adjacent to an activating group) is 1. The summed E-state index contributed by atoms with van der Waals surface area (Å²) in [6.45, 7) is 3.31. The number of hydrogen-bond donors (Lipinski definition) is 2. The van der Waals surface area contributed by atoms with Gasteiger partial charge < -0.3 is 30.0 Å². The van der Waals surface area contributed by atoms with E-state index in [1.165, 1.54) is 6.92 Å². The van der Waals surface area contributed by atoms with E-state index in [2.05, 4.69) is 26.6 Å². The largest absolute Gasteiger partial charge is 0.496 e. The number of hydrogen-bond acceptors (Lipinski definition) is 6. The molecule has 2 atom stereocenters. The third kappa shape index (κ3) is 7.29. The van der Waals surface area contributed by atoms with Gasteiger partial charge in [-0.3, -0.25) is 14.4 Å². The summed E-state index contributed by atoms with van der Waals surface area (Å²) in [7, 11) is 3.25. The van der Waals surface area contributed by atoms with Crippen LogP contribution in [0.3, 0.4) is 0 Å². The zero-order chi connectivity index (χ0) is 29.7. The van der Waals surface area contributed by atoms with Gasteiger partial charge in [0.05, 0.1) is 37.6 Å². The van der Waals surface area contributed by atoms with E-state index in [0.717, 1.165) is 20.8 Å². The molecule has 1 heterocycles. The van der Waals surface area contributed by atoms with Crippen LogP contribution in [0.1, 0.15) is 38.7 Å². The van der Waals surface area contributed by atoms with E-state index in [4.69, 9.17) is 4.74 Å². The average Bonchev–Trinajstić information content (AvgIpc) is 3.07. The number of methoxy groups -OCH3 is 1. The van der Waals surface area contributed by atoms with Gasteiger partial charge in [-0.1, -0.05) is 40.2 Å². The zero-order valence-electron chi connectivity index (χ0n) is 24.1. The highest BCUT2D eigenvalue weighted by molar-refractivity contribution is 9.10. The van der Waals surface area contributed by atoms with Crippen molar-refractivity contribution >= 4 is 74.0 Å². The number of anilines is 2. The summed E-state index contributed by atoms with van der Waals surface area (Å²) in [5.41, 5.74) is 1.91. The lowest BCUT2D eigenvalue weighted by Crippen LogP contribution is -2.55. The molecular weight excluding hydrogens is 624 g/mol. The molecule has 9 nitrogen and oxygen atoms in total. The van der Waals surface area contributed by atoms with Crippen LogP contribution in [0.25, 0.3) is 10.8 Å². The highest BCUT2D eigenvalue weighted by Gasteiger charge is 2.37. The molecule has 42 heavy (non-hydrogen) atoms. The molecule has 3 amide bonds. The van der Waals surface area contributed by atoms with Crippen LogP contribution in [0.2, 0.25) is 0 Å². The van der Waals surface area contributed by atoms with Crippen LogP contribution >= 0.6 is 28.3 Å². The van der Waals surface area contributed by atoms with Gasteiger partial charge in [0.15, 0.2) is 0 Å². The van der Waals surface area contributed by atoms with E-state index in [9.17, 15) is 19.2 Å². The number of rotatable bonds is 10. The summed E-state index contributed by atoms with van der Waals surface area (Å²) in [6, 6.07) is 15.4. The van der Waals surface area contributed by atoms with Crippen LogP contribution in [0, 0.1) is 0 Å². The minimum atomic E-state index is -1.00. The van der Waals surface area contributed by atoms with Crippen molar-refractivity contribution in [2.45, 2.75) is 51.7 Å². The van der Waals surface area contributed by atoms with Crippen molar-refractivity contribution in [3.05, 3.63) is 64.6 Å². The van der Waals surface area contributed by atoms with E-state index in [-0.39, 0.29) is 55.4 Å². The number of carbonyl (C=O) groups excluding carboxylic acids is 4. The molecule has 0 aliphatic carbocycles. The lowest BCUT2D eigenvalue weighted by atomic mass is 10.0. The van der Waals surface area contributed by atoms with Crippen molar-refractivity contribution in [3.8, 4) is 5.75 Å². The van der Waals surface area contributed by atoms with Crippen molar-refractivity contribution in [3.63, 3.8) is 0 Å². The fraction of sp³-hybridized carbons (Fsp3) is 0.355. The lowest BCUT2D eigenvalue weighted by molar-refractivity contribution is -0.128. The van der Waals surface area contributed by atoms with Gasteiger partial charge in [-0.15, -0.1) is 12.4 Å². The number of carbonyl (C=O) groups is 4. The summed E-state index contributed by atoms with van der Waals surface area (Å²) >= 11 is 3.53. The second-order valence-corrected chi connectivity index (χ2v) is 11.1. The maximum absolute atomic E-state index is 14.3. The van der Waals surface area contributed by atoms with Gasteiger partial charge in [-0.05, 0) is 68.4 Å². The molecule has 0 aromatic heterocycles. The monoisotopic (exact) mass is 658 g/mol. The van der Waals surface area contributed by atoms with Crippen molar-refractivity contribution in [1.82, 2.24) is 10.6 Å². The Morgan fingerprint density at radius 3 is 2.45 bits per heavy atom. The molecule has 1 aliphatic heterocycles. The molecule has 1 aliphatic rings. The van der Waals surface area contributed by atoms with E-state index in [0.29, 0.717) is 30.0 Å². The first-order valence-corrected chi connectivity index (χ1v) is 14.4. The number of nitrogens with zero attached hydrogens (tertiary/aromatic N) is 2. The molecule has 0 spiro atoms. The molecule has 3 aromatic rings. The molecule has 3 aromatic carbocycles. The fourth-order valence-corrected chi connectivity index (χ4v) is 5.38. The highest BCUT2D eigenvalue weighted by atomic mass is 79.9. The number of nitrogens with one attached hydrogen (secondary N) is 2. The number of Topliss-reactive ketones (excluding diaryl/α,β-unsaturated/α-hetero) is 1. The molecule has 0 saturated heterocycles. The van der Waals surface area contributed by atoms with Gasteiger partial charge in [0.2, 0.25) is 11.8 Å². The van der Waals surface area contributed by atoms with E-state index in [1.807, 2.05) is 42.5 Å². The van der Waals surface area contributed by atoms with Gasteiger partial charge >= 0.3 is 0 Å². The minimum Gasteiger partial charge on any atom is -0.496 e. The predicted octanol–water partition coefficient (Wildman–Crippen LogP) is 4.76. The molecule has 11 heteroatoms. The number of benzene rings is 3. The molecule has 0 radical (unpaired) electrons.